The molecule has 0 aromatic heterocycles. The second kappa shape index (κ2) is 7.37. The molecule has 1 fully saturated rings. The Morgan fingerprint density at radius 2 is 2.05 bits per heavy atom. The highest BCUT2D eigenvalue weighted by molar-refractivity contribution is 5.42. The highest BCUT2D eigenvalue weighted by Crippen LogP contribution is 2.29. The minimum Gasteiger partial charge on any atom is -0.493 e. The minimum absolute atomic E-state index is 0.0452. The van der Waals surface area contributed by atoms with Gasteiger partial charge in [0.25, 0.3) is 0 Å². The molecular weight excluding hydrogens is 270 g/mol. The first-order valence-corrected chi connectivity index (χ1v) is 6.37. The van der Waals surface area contributed by atoms with Crippen molar-refractivity contribution >= 4 is 0 Å². The lowest BCUT2D eigenvalue weighted by atomic mass is 10.2. The number of alkyl halides is 2. The zero-order valence-electron chi connectivity index (χ0n) is 11.3. The average molecular weight is 288 g/mol. The van der Waals surface area contributed by atoms with Crippen LogP contribution in [0.2, 0.25) is 0 Å². The van der Waals surface area contributed by atoms with E-state index in [9.17, 15) is 8.78 Å². The van der Waals surface area contributed by atoms with Gasteiger partial charge in [-0.2, -0.15) is 8.78 Å². The van der Waals surface area contributed by atoms with Gasteiger partial charge in [-0.3, -0.25) is 5.43 Å². The molecule has 0 atom stereocenters. The van der Waals surface area contributed by atoms with Crippen LogP contribution >= 0.6 is 0 Å². The van der Waals surface area contributed by atoms with Gasteiger partial charge in [0.1, 0.15) is 0 Å². The van der Waals surface area contributed by atoms with Gasteiger partial charge in [0.15, 0.2) is 11.5 Å². The van der Waals surface area contributed by atoms with Crippen LogP contribution in [0.1, 0.15) is 5.56 Å². The summed E-state index contributed by atoms with van der Waals surface area (Å²) in [6.45, 7) is 0.646. The summed E-state index contributed by atoms with van der Waals surface area (Å²) >= 11 is 0. The Kier molecular flexibility index (Phi) is 5.51. The molecular formula is C13H18F2N2O3. The number of hydrogen-bond donors (Lipinski definition) is 1. The smallest absolute Gasteiger partial charge is 0.387 e. The Labute approximate surface area is 116 Å². The summed E-state index contributed by atoms with van der Waals surface area (Å²) in [6.07, 6.45) is 0. The van der Waals surface area contributed by atoms with Crippen LogP contribution in [0.25, 0.3) is 0 Å². The van der Waals surface area contributed by atoms with E-state index in [2.05, 4.69) is 10.2 Å². The van der Waals surface area contributed by atoms with Gasteiger partial charge >= 0.3 is 6.61 Å². The van der Waals surface area contributed by atoms with E-state index in [0.29, 0.717) is 25.5 Å². The molecule has 1 saturated heterocycles. The fourth-order valence-corrected chi connectivity index (χ4v) is 1.94. The van der Waals surface area contributed by atoms with Crippen LogP contribution in [0.15, 0.2) is 18.2 Å². The van der Waals surface area contributed by atoms with Gasteiger partial charge in [0.05, 0.1) is 20.3 Å². The maximum Gasteiger partial charge on any atom is 0.387 e. The molecule has 1 aromatic rings. The van der Waals surface area contributed by atoms with Gasteiger partial charge in [-0.15, -0.1) is 0 Å². The third kappa shape index (κ3) is 4.29. The molecule has 0 amide bonds. The summed E-state index contributed by atoms with van der Waals surface area (Å²) in [4.78, 5) is 0. The second-order valence-electron chi connectivity index (χ2n) is 4.30. The number of morpholine rings is 1. The Morgan fingerprint density at radius 1 is 1.30 bits per heavy atom. The standard InChI is InChI=1S/C13H18F2N2O3/c1-18-11-3-2-10(8-12(11)20-13(14)15)9-16-17-4-6-19-7-5-17/h2-3,8,13,16H,4-7,9H2,1H3. The predicted molar refractivity (Wildman–Crippen MR) is 68.9 cm³/mol. The summed E-state index contributed by atoms with van der Waals surface area (Å²) in [5, 5.41) is 2.04. The Morgan fingerprint density at radius 3 is 2.70 bits per heavy atom. The first-order chi connectivity index (χ1) is 9.69. The maximum absolute atomic E-state index is 12.3. The van der Waals surface area contributed by atoms with E-state index in [1.807, 2.05) is 11.1 Å². The number of nitrogens with zero attached hydrogens (tertiary/aromatic N) is 1. The number of rotatable bonds is 6. The monoisotopic (exact) mass is 288 g/mol. The minimum atomic E-state index is -2.87. The van der Waals surface area contributed by atoms with Crippen molar-refractivity contribution in [3.8, 4) is 11.5 Å². The molecule has 7 heteroatoms. The molecule has 20 heavy (non-hydrogen) atoms. The summed E-state index contributed by atoms with van der Waals surface area (Å²) in [7, 11) is 1.42. The zero-order valence-corrected chi connectivity index (χ0v) is 11.3. The summed E-state index contributed by atoms with van der Waals surface area (Å²) in [5.41, 5.74) is 4.07. The van der Waals surface area contributed by atoms with E-state index in [4.69, 9.17) is 9.47 Å². The first kappa shape index (κ1) is 15.0. The fourth-order valence-electron chi connectivity index (χ4n) is 1.94. The zero-order chi connectivity index (χ0) is 14.4. The molecule has 0 spiro atoms. The third-order valence-corrected chi connectivity index (χ3v) is 2.96. The van der Waals surface area contributed by atoms with Crippen molar-refractivity contribution in [1.29, 1.82) is 0 Å². The maximum atomic E-state index is 12.3. The van der Waals surface area contributed by atoms with E-state index in [1.54, 1.807) is 12.1 Å². The molecule has 0 unspecified atom stereocenters. The number of nitrogens with one attached hydrogen (secondary N) is 1. The van der Waals surface area contributed by atoms with Crippen molar-refractivity contribution in [2.75, 3.05) is 33.4 Å². The van der Waals surface area contributed by atoms with Crippen molar-refractivity contribution in [2.45, 2.75) is 13.2 Å². The molecule has 0 saturated carbocycles. The molecule has 1 heterocycles. The highest BCUT2D eigenvalue weighted by Gasteiger charge is 2.13. The Hall–Kier alpha value is -1.44. The molecule has 112 valence electrons. The molecule has 0 aliphatic carbocycles. The van der Waals surface area contributed by atoms with Gasteiger partial charge in [-0.25, -0.2) is 5.01 Å². The lowest BCUT2D eigenvalue weighted by Gasteiger charge is -2.27. The molecule has 2 rings (SSSR count). The van der Waals surface area contributed by atoms with Gasteiger partial charge in [-0.05, 0) is 17.7 Å². The topological polar surface area (TPSA) is 43.0 Å². The van der Waals surface area contributed by atoms with Crippen LogP contribution in [0.3, 0.4) is 0 Å². The second-order valence-corrected chi connectivity index (χ2v) is 4.30. The number of hydrogen-bond acceptors (Lipinski definition) is 5. The summed E-state index contributed by atoms with van der Waals surface area (Å²) in [6, 6.07) is 4.98. The third-order valence-electron chi connectivity index (χ3n) is 2.96. The summed E-state index contributed by atoms with van der Waals surface area (Å²) in [5.74, 6) is 0.337. The lowest BCUT2D eigenvalue weighted by molar-refractivity contribution is -0.0512. The number of ether oxygens (including phenoxy) is 3. The van der Waals surface area contributed by atoms with Crippen molar-refractivity contribution in [2.24, 2.45) is 0 Å². The molecule has 5 nitrogen and oxygen atoms in total. The molecule has 1 N–H and O–H groups in total. The molecule has 1 aliphatic heterocycles. The van der Waals surface area contributed by atoms with Crippen LogP contribution in [-0.2, 0) is 11.3 Å². The quantitative estimate of drug-likeness (QED) is 0.862. The number of hydrazine groups is 1. The number of halogens is 2. The van der Waals surface area contributed by atoms with Crippen molar-refractivity contribution in [3.63, 3.8) is 0 Å². The van der Waals surface area contributed by atoms with E-state index >= 15 is 0 Å². The molecule has 1 aromatic carbocycles. The van der Waals surface area contributed by atoms with E-state index in [-0.39, 0.29) is 5.75 Å². The fraction of sp³-hybridized carbons (Fsp3) is 0.538. The highest BCUT2D eigenvalue weighted by atomic mass is 19.3. The van der Waals surface area contributed by atoms with Crippen LogP contribution in [0.5, 0.6) is 11.5 Å². The average Bonchev–Trinajstić information content (AvgIpc) is 2.46. The largest absolute Gasteiger partial charge is 0.493 e. The van der Waals surface area contributed by atoms with Crippen molar-refractivity contribution in [3.05, 3.63) is 23.8 Å². The normalized spacial score (nSPS) is 16.4. The van der Waals surface area contributed by atoms with E-state index in [0.717, 1.165) is 18.7 Å². The number of methoxy groups -OCH3 is 1. The van der Waals surface area contributed by atoms with Crippen molar-refractivity contribution < 1.29 is 23.0 Å². The van der Waals surface area contributed by atoms with Crippen molar-refractivity contribution in [1.82, 2.24) is 10.4 Å². The molecule has 1 aliphatic rings. The van der Waals surface area contributed by atoms with Crippen LogP contribution in [0.4, 0.5) is 8.78 Å². The van der Waals surface area contributed by atoms with Crippen LogP contribution in [0, 0.1) is 0 Å². The molecule has 0 bridgehead atoms. The van der Waals surface area contributed by atoms with Gasteiger partial charge in [0.2, 0.25) is 0 Å². The predicted octanol–water partition coefficient (Wildman–Crippen LogP) is 1.63. The van der Waals surface area contributed by atoms with Gasteiger partial charge in [0, 0.05) is 19.6 Å². The van der Waals surface area contributed by atoms with E-state index in [1.165, 1.54) is 7.11 Å². The number of benzene rings is 1. The lowest BCUT2D eigenvalue weighted by Crippen LogP contribution is -2.45. The van der Waals surface area contributed by atoms with Gasteiger partial charge in [-0.1, -0.05) is 6.07 Å². The Bertz CT molecular complexity index is 426. The Balaban J connectivity index is 1.96. The van der Waals surface area contributed by atoms with Crippen LogP contribution in [-0.4, -0.2) is 45.0 Å². The van der Waals surface area contributed by atoms with E-state index < -0.39 is 6.61 Å². The van der Waals surface area contributed by atoms with Gasteiger partial charge < -0.3 is 14.2 Å². The first-order valence-electron chi connectivity index (χ1n) is 6.37. The SMILES string of the molecule is COc1ccc(CNN2CCOCC2)cc1OC(F)F. The molecule has 0 radical (unpaired) electrons. The summed E-state index contributed by atoms with van der Waals surface area (Å²) < 4.78 is 39.3. The van der Waals surface area contributed by atoms with Crippen LogP contribution < -0.4 is 14.9 Å².